The van der Waals surface area contributed by atoms with E-state index in [4.69, 9.17) is 37.5 Å². The lowest BCUT2D eigenvalue weighted by Crippen LogP contribution is -2.39. The van der Waals surface area contributed by atoms with Crippen LogP contribution in [0.3, 0.4) is 0 Å². The number of esters is 1. The Balaban J connectivity index is 2.92. The van der Waals surface area contributed by atoms with Gasteiger partial charge in [-0.2, -0.15) is 19.3 Å². The van der Waals surface area contributed by atoms with Gasteiger partial charge in [0.2, 0.25) is 0 Å². The third kappa shape index (κ3) is 17.4. The highest BCUT2D eigenvalue weighted by atomic mass is 33.1. The molecule has 1 rings (SSSR count). The fourth-order valence-electron chi connectivity index (χ4n) is 3.75. The standard InChI is InChI=1S/C19H34B3N2O15P3S2/c1-18(2,12-23)11-19(3,4)16(25)37-13-9-15(21-5-6-24-17(26)34-7-8-43-44-22-20)36-14(13)10-35-41(30,31)39-42(32,33)38-40(27,28)29/h13-15H,7-12,23H2,1-4H3,(H,24,26)(H,30,31)(H,32,33)(H2,27,28,29)/t13-,14?,15-/m1/s1. The molecule has 246 valence electrons. The molecule has 4 radical (unpaired) electrons. The van der Waals surface area contributed by atoms with Crippen LogP contribution in [-0.2, 0) is 45.8 Å². The van der Waals surface area contributed by atoms with E-state index in [0.29, 0.717) is 18.7 Å². The highest BCUT2D eigenvalue weighted by molar-refractivity contribution is 8.86. The molecule has 17 nitrogen and oxygen atoms in total. The van der Waals surface area contributed by atoms with E-state index in [-0.39, 0.29) is 13.0 Å². The third-order valence-electron chi connectivity index (χ3n) is 5.36. The van der Waals surface area contributed by atoms with Gasteiger partial charge in [0.25, 0.3) is 7.28 Å². The van der Waals surface area contributed by atoms with E-state index in [0.717, 1.165) is 0 Å². The number of phosphoric ester groups is 1. The molecule has 0 aromatic rings. The predicted octanol–water partition coefficient (Wildman–Crippen LogP) is 1.19. The molecule has 0 bridgehead atoms. The highest BCUT2D eigenvalue weighted by Crippen LogP contribution is 2.66. The van der Waals surface area contributed by atoms with Crippen molar-refractivity contribution in [1.82, 2.24) is 5.32 Å². The lowest BCUT2D eigenvalue weighted by atomic mass is 9.71. The number of hydrogen-bond donors (Lipinski definition) is 6. The van der Waals surface area contributed by atoms with Crippen LogP contribution in [0.25, 0.3) is 0 Å². The highest BCUT2D eigenvalue weighted by Gasteiger charge is 2.45. The summed E-state index contributed by atoms with van der Waals surface area (Å²) in [4.78, 5) is 61.4. The molecule has 0 saturated carbocycles. The summed E-state index contributed by atoms with van der Waals surface area (Å²) in [5.74, 6) is 2.37. The number of nitrogens with one attached hydrogen (secondary N) is 1. The molecule has 44 heavy (non-hydrogen) atoms. The number of carbonyl (C=O) groups is 2. The van der Waals surface area contributed by atoms with Gasteiger partial charge >= 0.3 is 35.5 Å². The zero-order valence-electron chi connectivity index (χ0n) is 24.2. The molecule has 0 aliphatic carbocycles. The normalized spacial score (nSPS) is 21.6. The van der Waals surface area contributed by atoms with Crippen molar-refractivity contribution in [3.05, 3.63) is 0 Å². The topological polar surface area (TPSA) is 260 Å². The third-order valence-corrected chi connectivity index (χ3v) is 11.0. The van der Waals surface area contributed by atoms with Crippen LogP contribution in [0.4, 0.5) is 4.79 Å². The van der Waals surface area contributed by atoms with Crippen LogP contribution < -0.4 is 11.1 Å². The zero-order chi connectivity index (χ0) is 33.8. The van der Waals surface area contributed by atoms with Crippen LogP contribution in [-0.4, -0.2) is 96.8 Å². The van der Waals surface area contributed by atoms with E-state index in [9.17, 15) is 33.1 Å². The number of ether oxygens (including phenoxy) is 3. The summed E-state index contributed by atoms with van der Waals surface area (Å²) in [6.45, 7) is 6.60. The summed E-state index contributed by atoms with van der Waals surface area (Å²) >= 11 is 0. The van der Waals surface area contributed by atoms with Crippen LogP contribution >= 0.6 is 44.9 Å². The van der Waals surface area contributed by atoms with Crippen molar-refractivity contribution in [2.24, 2.45) is 16.6 Å². The summed E-state index contributed by atoms with van der Waals surface area (Å²) in [6, 6.07) is 1.50. The fraction of sp³-hybridized carbons (Fsp3) is 0.789. The Morgan fingerprint density at radius 1 is 1.14 bits per heavy atom. The Morgan fingerprint density at radius 3 is 2.39 bits per heavy atom. The van der Waals surface area contributed by atoms with Crippen molar-refractivity contribution in [3.8, 4) is 11.9 Å². The number of alkyl carbamates (subject to hydrolysis) is 1. The molecule has 1 aliphatic heterocycles. The average Bonchev–Trinajstić information content (AvgIpc) is 3.23. The average molecular weight is 720 g/mol. The molecule has 7 N–H and O–H groups in total. The molecular formula is C19H34B3N2O15P3S2. The van der Waals surface area contributed by atoms with Gasteiger partial charge < -0.3 is 39.5 Å². The number of rotatable bonds is 18. The molecule has 25 heteroatoms. The van der Waals surface area contributed by atoms with Crippen LogP contribution in [0.15, 0.2) is 0 Å². The SMILES string of the molecule is [B][B]SSCCOC(=O)NC#C[B][C@H]1C[C@@H](OC(=O)C(C)(C)CC(C)(C)CN)C(COP(=O)(O)OP(=O)(O)OP(=O)(O)O)O1. The summed E-state index contributed by atoms with van der Waals surface area (Å²) < 4.78 is 63.0. The predicted molar refractivity (Wildman–Crippen MR) is 164 cm³/mol. The van der Waals surface area contributed by atoms with Crippen LogP contribution in [0.5, 0.6) is 0 Å². The van der Waals surface area contributed by atoms with Crippen molar-refractivity contribution in [2.75, 3.05) is 25.5 Å². The second-order valence-electron chi connectivity index (χ2n) is 10.5. The molecule has 1 aliphatic rings. The molecule has 1 heterocycles. The van der Waals surface area contributed by atoms with Gasteiger partial charge in [-0.3, -0.25) is 14.6 Å². The second-order valence-corrected chi connectivity index (χ2v) is 17.3. The maximum atomic E-state index is 13.1. The summed E-state index contributed by atoms with van der Waals surface area (Å²) in [5.41, 5.74) is 4.37. The van der Waals surface area contributed by atoms with Gasteiger partial charge in [0.1, 0.15) is 25.3 Å². The summed E-state index contributed by atoms with van der Waals surface area (Å²) in [7, 11) is -7.63. The Morgan fingerprint density at radius 2 is 1.80 bits per heavy atom. The first-order valence-electron chi connectivity index (χ1n) is 12.5. The minimum Gasteiger partial charge on any atom is -0.459 e. The van der Waals surface area contributed by atoms with Gasteiger partial charge in [-0.05, 0) is 32.2 Å². The minimum atomic E-state index is -5.75. The lowest BCUT2D eigenvalue weighted by molar-refractivity contribution is -0.164. The van der Waals surface area contributed by atoms with E-state index >= 15 is 0 Å². The first-order chi connectivity index (χ1) is 20.1. The fourth-order valence-corrected chi connectivity index (χ4v) is 7.83. The van der Waals surface area contributed by atoms with Crippen molar-refractivity contribution >= 4 is 78.4 Å². The number of carbonyl (C=O) groups excluding carboxylic acids is 2. The van der Waals surface area contributed by atoms with Crippen molar-refractivity contribution in [2.45, 2.75) is 58.7 Å². The van der Waals surface area contributed by atoms with Crippen molar-refractivity contribution < 1.29 is 70.2 Å². The molecule has 1 amide bonds. The van der Waals surface area contributed by atoms with E-state index in [1.54, 1.807) is 13.8 Å². The summed E-state index contributed by atoms with van der Waals surface area (Å²) in [6.07, 6.45) is -1.41. The second kappa shape index (κ2) is 18.2. The van der Waals surface area contributed by atoms with Gasteiger partial charge in [-0.15, -0.1) is 16.6 Å². The summed E-state index contributed by atoms with van der Waals surface area (Å²) in [5, 5.41) is 2.20. The van der Waals surface area contributed by atoms with Crippen LogP contribution in [0, 0.1) is 22.7 Å². The van der Waals surface area contributed by atoms with Crippen molar-refractivity contribution in [1.29, 1.82) is 0 Å². The Hall–Kier alpha value is -0.475. The first-order valence-corrected chi connectivity index (χ1v) is 19.4. The molecule has 0 aromatic carbocycles. The lowest BCUT2D eigenvalue weighted by Gasteiger charge is -2.33. The number of amides is 1. The molecule has 0 aromatic heterocycles. The van der Waals surface area contributed by atoms with Gasteiger partial charge in [0.15, 0.2) is 0 Å². The Labute approximate surface area is 266 Å². The maximum Gasteiger partial charge on any atom is 0.490 e. The minimum absolute atomic E-state index is 0.0152. The number of nitrogens with two attached hydrogens (primary N) is 1. The molecule has 1 fully saturated rings. The number of hydrogen-bond acceptors (Lipinski definition) is 14. The maximum absolute atomic E-state index is 13.1. The molecule has 0 spiro atoms. The van der Waals surface area contributed by atoms with Gasteiger partial charge in [-0.1, -0.05) is 13.8 Å². The first kappa shape index (κ1) is 41.5. The molecule has 3 unspecified atom stereocenters. The number of phosphoric acid groups is 3. The quantitative estimate of drug-likeness (QED) is 0.0221. The van der Waals surface area contributed by atoms with E-state index in [2.05, 4.69) is 30.3 Å². The van der Waals surface area contributed by atoms with Gasteiger partial charge in [0, 0.05) is 32.0 Å². The van der Waals surface area contributed by atoms with Crippen molar-refractivity contribution in [3.63, 3.8) is 0 Å². The van der Waals surface area contributed by atoms with Crippen LogP contribution in [0.2, 0.25) is 0 Å². The van der Waals surface area contributed by atoms with Gasteiger partial charge in [0.05, 0.1) is 12.0 Å². The molecule has 5 atom stereocenters. The van der Waals surface area contributed by atoms with E-state index in [1.807, 2.05) is 13.8 Å². The van der Waals surface area contributed by atoms with E-state index < -0.39 is 71.2 Å². The van der Waals surface area contributed by atoms with Gasteiger partial charge in [-0.25, -0.2) is 18.5 Å². The zero-order valence-corrected chi connectivity index (χ0v) is 28.5. The largest absolute Gasteiger partial charge is 0.490 e. The van der Waals surface area contributed by atoms with Crippen LogP contribution in [0.1, 0.15) is 40.5 Å². The monoisotopic (exact) mass is 720 g/mol. The molecule has 1 saturated heterocycles. The smallest absolute Gasteiger partial charge is 0.459 e. The Kier molecular flexibility index (Phi) is 17.2. The van der Waals surface area contributed by atoms with E-state index in [1.165, 1.54) is 35.2 Å². The Bertz CT molecular complexity index is 1190. The molecular weight excluding hydrogens is 686 g/mol.